The number of rotatable bonds is 5. The van der Waals surface area contributed by atoms with Crippen molar-refractivity contribution < 1.29 is 8.42 Å². The molecule has 22 heavy (non-hydrogen) atoms. The smallest absolute Gasteiger partial charge is 0.281 e. The highest BCUT2D eigenvalue weighted by Crippen LogP contribution is 2.17. The van der Waals surface area contributed by atoms with Crippen LogP contribution in [0.3, 0.4) is 0 Å². The Hall–Kier alpha value is -1.29. The van der Waals surface area contributed by atoms with Gasteiger partial charge in [-0.3, -0.25) is 0 Å². The van der Waals surface area contributed by atoms with Crippen LogP contribution >= 0.6 is 0 Å². The number of nitrogens with two attached hydrogens (primary N) is 1. The van der Waals surface area contributed by atoms with Gasteiger partial charge in [0.05, 0.1) is 0 Å². The van der Waals surface area contributed by atoms with Crippen LogP contribution in [0.25, 0.3) is 0 Å². The summed E-state index contributed by atoms with van der Waals surface area (Å²) in [6, 6.07) is 1.94. The number of anilines is 1. The van der Waals surface area contributed by atoms with Gasteiger partial charge in [0.1, 0.15) is 11.6 Å². The fourth-order valence-corrected chi connectivity index (χ4v) is 3.52. The molecule has 0 aliphatic carbocycles. The van der Waals surface area contributed by atoms with E-state index in [1.807, 2.05) is 13.0 Å². The van der Waals surface area contributed by atoms with Crippen molar-refractivity contribution in [2.45, 2.75) is 13.3 Å². The zero-order valence-corrected chi connectivity index (χ0v) is 14.2. The van der Waals surface area contributed by atoms with Gasteiger partial charge in [-0.1, -0.05) is 0 Å². The van der Waals surface area contributed by atoms with Gasteiger partial charge in [0.25, 0.3) is 10.2 Å². The summed E-state index contributed by atoms with van der Waals surface area (Å²) in [6.07, 6.45) is 0.714. The van der Waals surface area contributed by atoms with E-state index in [9.17, 15) is 8.42 Å². The van der Waals surface area contributed by atoms with E-state index in [2.05, 4.69) is 14.9 Å². The lowest BCUT2D eigenvalue weighted by Crippen LogP contribution is -2.52. The minimum Gasteiger partial charge on any atom is -0.354 e. The van der Waals surface area contributed by atoms with Crippen LogP contribution in [0.1, 0.15) is 11.5 Å². The highest BCUT2D eigenvalue weighted by atomic mass is 32.2. The highest BCUT2D eigenvalue weighted by Gasteiger charge is 2.29. The van der Waals surface area contributed by atoms with Crippen molar-refractivity contribution in [1.82, 2.24) is 18.6 Å². The van der Waals surface area contributed by atoms with E-state index < -0.39 is 10.2 Å². The van der Waals surface area contributed by atoms with Gasteiger partial charge in [0, 0.05) is 58.5 Å². The first kappa shape index (κ1) is 17.1. The molecule has 2 N–H and O–H groups in total. The van der Waals surface area contributed by atoms with Gasteiger partial charge in [0.2, 0.25) is 0 Å². The molecule has 0 saturated carbocycles. The Balaban J connectivity index is 2.09. The monoisotopic (exact) mass is 328 g/mol. The number of piperazine rings is 1. The molecule has 1 aromatic rings. The molecule has 0 amide bonds. The summed E-state index contributed by atoms with van der Waals surface area (Å²) in [5.41, 5.74) is 6.51. The lowest BCUT2D eigenvalue weighted by Gasteiger charge is -2.35. The van der Waals surface area contributed by atoms with Gasteiger partial charge < -0.3 is 10.6 Å². The van der Waals surface area contributed by atoms with E-state index in [1.165, 1.54) is 8.61 Å². The lowest BCUT2D eigenvalue weighted by molar-refractivity contribution is 0.355. The molecule has 8 nitrogen and oxygen atoms in total. The number of hydrogen-bond donors (Lipinski definition) is 1. The van der Waals surface area contributed by atoms with Gasteiger partial charge in [0.15, 0.2) is 0 Å². The first-order valence-electron chi connectivity index (χ1n) is 7.32. The van der Waals surface area contributed by atoms with E-state index in [4.69, 9.17) is 5.73 Å². The zero-order valence-electron chi connectivity index (χ0n) is 13.4. The Bertz CT molecular complexity index is 611. The fourth-order valence-electron chi connectivity index (χ4n) is 2.43. The molecule has 1 aliphatic heterocycles. The van der Waals surface area contributed by atoms with Crippen molar-refractivity contribution in [3.63, 3.8) is 0 Å². The zero-order chi connectivity index (χ0) is 16.3. The van der Waals surface area contributed by atoms with Crippen molar-refractivity contribution in [3.05, 3.63) is 17.6 Å². The van der Waals surface area contributed by atoms with E-state index >= 15 is 0 Å². The number of nitrogens with zero attached hydrogens (tertiary/aromatic N) is 5. The molecule has 0 atom stereocenters. The van der Waals surface area contributed by atoms with Gasteiger partial charge in [-0.2, -0.15) is 17.0 Å². The molecule has 0 radical (unpaired) electrons. The van der Waals surface area contributed by atoms with E-state index in [0.29, 0.717) is 45.0 Å². The maximum Gasteiger partial charge on any atom is 0.281 e. The molecule has 1 aromatic heterocycles. The first-order chi connectivity index (χ1) is 10.3. The molecule has 0 spiro atoms. The molecule has 1 fully saturated rings. The third-order valence-electron chi connectivity index (χ3n) is 3.63. The van der Waals surface area contributed by atoms with Crippen LogP contribution in [-0.4, -0.2) is 73.8 Å². The van der Waals surface area contributed by atoms with E-state index in [1.54, 1.807) is 14.1 Å². The van der Waals surface area contributed by atoms with Gasteiger partial charge >= 0.3 is 0 Å². The average Bonchev–Trinajstić information content (AvgIpc) is 2.47. The minimum absolute atomic E-state index is 0.454. The summed E-state index contributed by atoms with van der Waals surface area (Å²) in [5, 5.41) is 0. The fraction of sp³-hybridized carbons (Fsp3) is 0.692. The van der Waals surface area contributed by atoms with Crippen molar-refractivity contribution in [2.75, 3.05) is 51.7 Å². The van der Waals surface area contributed by atoms with Crippen LogP contribution in [0.2, 0.25) is 0 Å². The van der Waals surface area contributed by atoms with Crippen LogP contribution in [0.4, 0.5) is 5.82 Å². The van der Waals surface area contributed by atoms with E-state index in [0.717, 1.165) is 11.5 Å². The largest absolute Gasteiger partial charge is 0.354 e. The Morgan fingerprint density at radius 3 is 2.41 bits per heavy atom. The first-order valence-corrected chi connectivity index (χ1v) is 8.71. The van der Waals surface area contributed by atoms with Gasteiger partial charge in [-0.05, 0) is 13.5 Å². The third-order valence-corrected chi connectivity index (χ3v) is 5.57. The topological polar surface area (TPSA) is 95.7 Å². The molecule has 2 heterocycles. The average molecular weight is 328 g/mol. The second-order valence-corrected chi connectivity index (χ2v) is 7.62. The maximum absolute atomic E-state index is 12.1. The standard InChI is InChI=1S/C13H24N6O2S/c1-11-15-12(4-5-14)10-13(16-11)18-6-8-19(9-7-18)22(20,21)17(2)3/h10H,4-9,14H2,1-3H3. The molecule has 0 aromatic carbocycles. The maximum atomic E-state index is 12.1. The molecule has 2 rings (SSSR count). The Morgan fingerprint density at radius 2 is 1.86 bits per heavy atom. The minimum atomic E-state index is -3.34. The summed E-state index contributed by atoms with van der Waals surface area (Å²) in [4.78, 5) is 10.9. The number of aryl methyl sites for hydroxylation is 1. The normalized spacial score (nSPS) is 17.2. The molecular weight excluding hydrogens is 304 g/mol. The summed E-state index contributed by atoms with van der Waals surface area (Å²) < 4.78 is 27.0. The summed E-state index contributed by atoms with van der Waals surface area (Å²) >= 11 is 0. The van der Waals surface area contributed by atoms with Gasteiger partial charge in [-0.15, -0.1) is 0 Å². The quantitative estimate of drug-likeness (QED) is 0.761. The lowest BCUT2D eigenvalue weighted by atomic mass is 10.2. The van der Waals surface area contributed by atoms with Crippen molar-refractivity contribution >= 4 is 16.0 Å². The van der Waals surface area contributed by atoms with Crippen LogP contribution in [-0.2, 0) is 16.6 Å². The van der Waals surface area contributed by atoms with Gasteiger partial charge in [-0.25, -0.2) is 9.97 Å². The summed E-state index contributed by atoms with van der Waals surface area (Å²) in [7, 11) is -0.239. The van der Waals surface area contributed by atoms with Crippen LogP contribution in [0.15, 0.2) is 6.07 Å². The van der Waals surface area contributed by atoms with Crippen molar-refractivity contribution in [2.24, 2.45) is 5.73 Å². The molecule has 1 aliphatic rings. The second kappa shape index (κ2) is 6.86. The molecule has 0 unspecified atom stereocenters. The Labute approximate surface area is 132 Å². The predicted molar refractivity (Wildman–Crippen MR) is 85.9 cm³/mol. The Kier molecular flexibility index (Phi) is 5.32. The summed E-state index contributed by atoms with van der Waals surface area (Å²) in [6.45, 7) is 4.55. The molecule has 1 saturated heterocycles. The molecule has 0 bridgehead atoms. The van der Waals surface area contributed by atoms with E-state index in [-0.39, 0.29) is 0 Å². The van der Waals surface area contributed by atoms with Crippen molar-refractivity contribution in [1.29, 1.82) is 0 Å². The molecular formula is C13H24N6O2S. The summed E-state index contributed by atoms with van der Waals surface area (Å²) in [5.74, 6) is 1.56. The SMILES string of the molecule is Cc1nc(CCN)cc(N2CCN(S(=O)(=O)N(C)C)CC2)n1. The number of aromatic nitrogens is 2. The second-order valence-electron chi connectivity index (χ2n) is 5.48. The molecule has 124 valence electrons. The van der Waals surface area contributed by atoms with Crippen LogP contribution < -0.4 is 10.6 Å². The third kappa shape index (κ3) is 3.72. The number of hydrogen-bond acceptors (Lipinski definition) is 6. The Morgan fingerprint density at radius 1 is 1.23 bits per heavy atom. The highest BCUT2D eigenvalue weighted by molar-refractivity contribution is 7.86. The predicted octanol–water partition coefficient (Wildman–Crippen LogP) is -0.785. The van der Waals surface area contributed by atoms with Crippen LogP contribution in [0.5, 0.6) is 0 Å². The van der Waals surface area contributed by atoms with Crippen LogP contribution in [0, 0.1) is 6.92 Å². The molecule has 9 heteroatoms. The van der Waals surface area contributed by atoms with Crippen molar-refractivity contribution in [3.8, 4) is 0 Å².